The van der Waals surface area contributed by atoms with Crippen LogP contribution in [0.4, 0.5) is 0 Å². The van der Waals surface area contributed by atoms with Gasteiger partial charge >= 0.3 is 0 Å². The zero-order chi connectivity index (χ0) is 59.5. The van der Waals surface area contributed by atoms with Crippen LogP contribution in [0.2, 0.25) is 0 Å². The summed E-state index contributed by atoms with van der Waals surface area (Å²) in [6, 6.07) is -0.961. The van der Waals surface area contributed by atoms with Crippen LogP contribution in [0.5, 0.6) is 0 Å². The molecule has 2 aliphatic rings. The second kappa shape index (κ2) is 52.0. The number of ether oxygens (including phenoxy) is 4. The first kappa shape index (κ1) is 74.7. The van der Waals surface area contributed by atoms with Gasteiger partial charge in [0.1, 0.15) is 48.8 Å². The predicted molar refractivity (Wildman–Crippen MR) is 332 cm³/mol. The summed E-state index contributed by atoms with van der Waals surface area (Å²) < 4.78 is 22.8. The van der Waals surface area contributed by atoms with Crippen LogP contribution in [-0.4, -0.2) is 140 Å². The van der Waals surface area contributed by atoms with E-state index in [2.05, 4.69) is 116 Å². The Morgan fingerprint density at radius 3 is 1.34 bits per heavy atom. The number of rotatable bonds is 50. The van der Waals surface area contributed by atoms with E-state index in [9.17, 15) is 45.6 Å². The highest BCUT2D eigenvalue weighted by molar-refractivity contribution is 5.76. The van der Waals surface area contributed by atoms with E-state index in [0.29, 0.717) is 12.8 Å². The maximum absolute atomic E-state index is 13.3. The first-order valence-electron chi connectivity index (χ1n) is 32.1. The summed E-state index contributed by atoms with van der Waals surface area (Å²) in [6.45, 7) is 2.64. The van der Waals surface area contributed by atoms with Crippen molar-refractivity contribution in [3.8, 4) is 0 Å². The van der Waals surface area contributed by atoms with E-state index in [1.165, 1.54) is 96.3 Å². The van der Waals surface area contributed by atoms with E-state index < -0.39 is 86.8 Å². The van der Waals surface area contributed by atoms with Crippen molar-refractivity contribution in [2.24, 2.45) is 0 Å². The highest BCUT2D eigenvalue weighted by atomic mass is 16.7. The van der Waals surface area contributed by atoms with Crippen LogP contribution >= 0.6 is 0 Å². The van der Waals surface area contributed by atoms with E-state index in [-0.39, 0.29) is 18.9 Å². The predicted octanol–water partition coefficient (Wildman–Crippen LogP) is 12.0. The molecule has 14 heteroatoms. The lowest BCUT2D eigenvalue weighted by molar-refractivity contribution is -0.359. The van der Waals surface area contributed by atoms with E-state index in [0.717, 1.165) is 89.9 Å². The number of hydrogen-bond donors (Lipinski definition) is 9. The van der Waals surface area contributed by atoms with E-state index >= 15 is 0 Å². The molecule has 2 aliphatic heterocycles. The van der Waals surface area contributed by atoms with Crippen LogP contribution in [0.1, 0.15) is 219 Å². The van der Waals surface area contributed by atoms with Gasteiger partial charge in [0.2, 0.25) is 5.91 Å². The number of amides is 1. The molecule has 0 bridgehead atoms. The molecule has 9 N–H and O–H groups in total. The van der Waals surface area contributed by atoms with Crippen LogP contribution in [-0.2, 0) is 23.7 Å². The average molecular weight is 1150 g/mol. The van der Waals surface area contributed by atoms with Gasteiger partial charge in [-0.2, -0.15) is 0 Å². The molecule has 14 nitrogen and oxygen atoms in total. The lowest BCUT2D eigenvalue weighted by Crippen LogP contribution is -2.65. The first-order chi connectivity index (χ1) is 40.1. The number of carbonyl (C=O) groups excluding carboxylic acids is 1. The van der Waals surface area contributed by atoms with Crippen molar-refractivity contribution in [1.29, 1.82) is 0 Å². The highest BCUT2D eigenvalue weighted by Crippen LogP contribution is 2.30. The zero-order valence-corrected chi connectivity index (χ0v) is 50.7. The Kier molecular flexibility index (Phi) is 47.4. The van der Waals surface area contributed by atoms with E-state index in [1.807, 2.05) is 6.08 Å². The number of hydrogen-bond acceptors (Lipinski definition) is 13. The molecule has 2 heterocycles. The minimum atomic E-state index is -1.80. The second-order valence-electron chi connectivity index (χ2n) is 22.1. The number of aliphatic hydroxyl groups is 8. The van der Waals surface area contributed by atoms with Crippen molar-refractivity contribution in [2.75, 3.05) is 19.8 Å². The molecule has 470 valence electrons. The van der Waals surface area contributed by atoms with Gasteiger partial charge in [0.05, 0.1) is 32.0 Å². The summed E-state index contributed by atoms with van der Waals surface area (Å²) in [5, 5.41) is 87.2. The molecule has 0 aromatic rings. The van der Waals surface area contributed by atoms with Crippen molar-refractivity contribution in [2.45, 2.75) is 293 Å². The third-order valence-electron chi connectivity index (χ3n) is 14.9. The topological polar surface area (TPSA) is 228 Å². The van der Waals surface area contributed by atoms with Crippen molar-refractivity contribution >= 4 is 5.91 Å². The van der Waals surface area contributed by atoms with Gasteiger partial charge in [-0.15, -0.1) is 0 Å². The molecule has 0 spiro atoms. The molecule has 1 amide bonds. The molecule has 2 rings (SSSR count). The summed E-state index contributed by atoms with van der Waals surface area (Å²) in [5.74, 6) is -0.281. The molecule has 82 heavy (non-hydrogen) atoms. The molecule has 0 radical (unpaired) electrons. The van der Waals surface area contributed by atoms with Gasteiger partial charge < -0.3 is 65.1 Å². The van der Waals surface area contributed by atoms with Crippen LogP contribution in [0.15, 0.2) is 109 Å². The largest absolute Gasteiger partial charge is 0.394 e. The normalized spacial score (nSPS) is 24.7. The maximum atomic E-state index is 13.3. The third-order valence-corrected chi connectivity index (χ3v) is 14.9. The van der Waals surface area contributed by atoms with Gasteiger partial charge in [0, 0.05) is 6.42 Å². The van der Waals surface area contributed by atoms with E-state index in [4.69, 9.17) is 18.9 Å². The lowest BCUT2D eigenvalue weighted by Gasteiger charge is -2.46. The fourth-order valence-corrected chi connectivity index (χ4v) is 9.80. The molecule has 12 atom stereocenters. The quantitative estimate of drug-likeness (QED) is 0.0204. The van der Waals surface area contributed by atoms with Crippen molar-refractivity contribution in [3.63, 3.8) is 0 Å². The van der Waals surface area contributed by atoms with Gasteiger partial charge in [-0.25, -0.2) is 0 Å². The Morgan fingerprint density at radius 1 is 0.451 bits per heavy atom. The van der Waals surface area contributed by atoms with Gasteiger partial charge in [0.25, 0.3) is 0 Å². The number of aliphatic hydroxyl groups excluding tert-OH is 8. The molecule has 0 aromatic carbocycles. The number of unbranched alkanes of at least 4 members (excludes halogenated alkanes) is 21. The average Bonchev–Trinajstić information content (AvgIpc) is 3.53. The highest BCUT2D eigenvalue weighted by Gasteiger charge is 2.51. The minimum Gasteiger partial charge on any atom is -0.394 e. The molecule has 2 saturated heterocycles. The summed E-state index contributed by atoms with van der Waals surface area (Å²) in [6.07, 6.45) is 57.0. The molecule has 2 fully saturated rings. The Hall–Kier alpha value is -3.35. The molecule has 0 saturated carbocycles. The molecule has 12 unspecified atom stereocenters. The van der Waals surface area contributed by atoms with Crippen LogP contribution in [0.3, 0.4) is 0 Å². The van der Waals surface area contributed by atoms with E-state index in [1.54, 1.807) is 6.08 Å². The first-order valence-corrected chi connectivity index (χ1v) is 32.1. The summed E-state index contributed by atoms with van der Waals surface area (Å²) in [7, 11) is 0. The molecular formula is C68H115NO13. The minimum absolute atomic E-state index is 0.233. The Balaban J connectivity index is 1.78. The summed E-state index contributed by atoms with van der Waals surface area (Å²) >= 11 is 0. The third kappa shape index (κ3) is 36.5. The number of nitrogens with one attached hydrogen (secondary N) is 1. The van der Waals surface area contributed by atoms with Crippen molar-refractivity contribution < 1.29 is 64.6 Å². The molecular weight excluding hydrogens is 1040 g/mol. The van der Waals surface area contributed by atoms with Crippen molar-refractivity contribution in [3.05, 3.63) is 109 Å². The number of carbonyl (C=O) groups is 1. The smallest absolute Gasteiger partial charge is 0.220 e. The molecule has 0 aromatic heterocycles. The summed E-state index contributed by atoms with van der Waals surface area (Å²) in [4.78, 5) is 13.3. The fraction of sp³-hybridized carbons (Fsp3) is 0.721. The standard InChI is InChI=1S/C68H115NO13/c1-3-5-7-9-11-13-15-17-19-21-23-25-27-28-30-31-33-35-37-39-41-43-45-47-49-51-57(72)56(55-79-67-65(78)63(76)66(59(54-71)81-67)82-68-64(77)62(75)61(74)58(53-70)80-68)69-60(73)52-50-48-46-44-42-40-38-36-34-32-29-26-24-22-20-18-16-14-12-10-8-6-4-2/h6,8,12,14,18,20,24,26,32-35,38,40-41,43,49,51,56-59,61-68,70-72,74-78H,3-5,7,9-11,13,15-17,19,21-23,25,27-31,36-37,39,42,44-48,50,52-55H2,1-2H3,(H,69,73)/b8-6-,14-12-,20-18-,26-24-,34-32-,35-33+,40-38-,43-41+,51-49+. The summed E-state index contributed by atoms with van der Waals surface area (Å²) in [5.41, 5.74) is 0. The van der Waals surface area contributed by atoms with Gasteiger partial charge in [0.15, 0.2) is 12.6 Å². The maximum Gasteiger partial charge on any atom is 0.220 e. The Bertz CT molecular complexity index is 1790. The van der Waals surface area contributed by atoms with Crippen molar-refractivity contribution in [1.82, 2.24) is 5.32 Å². The van der Waals surface area contributed by atoms with Crippen LogP contribution in [0.25, 0.3) is 0 Å². The van der Waals surface area contributed by atoms with Crippen LogP contribution in [0, 0.1) is 0 Å². The fourth-order valence-electron chi connectivity index (χ4n) is 9.80. The number of allylic oxidation sites excluding steroid dienone is 17. The van der Waals surface area contributed by atoms with Gasteiger partial charge in [-0.3, -0.25) is 4.79 Å². The molecule has 0 aliphatic carbocycles. The second-order valence-corrected chi connectivity index (χ2v) is 22.1. The van der Waals surface area contributed by atoms with Gasteiger partial charge in [-0.1, -0.05) is 226 Å². The van der Waals surface area contributed by atoms with Gasteiger partial charge in [-0.05, 0) is 96.3 Å². The van der Waals surface area contributed by atoms with Crippen LogP contribution < -0.4 is 5.32 Å². The SMILES string of the molecule is CC/C=C\C/C=C\C/C=C\C/C=C\C/C=C\C/C=C\CCCCCCC(=O)NC(COC1OC(CO)C(OC2OC(CO)C(O)C(O)C2O)C(O)C1O)C(O)/C=C/CC/C=C/CC/C=C/CCCCCCCCCCCCCCCCC. The lowest BCUT2D eigenvalue weighted by atomic mass is 9.97. The zero-order valence-electron chi connectivity index (χ0n) is 50.7. The monoisotopic (exact) mass is 1150 g/mol. The Labute approximate surface area is 495 Å². The Morgan fingerprint density at radius 2 is 0.854 bits per heavy atom.